The predicted molar refractivity (Wildman–Crippen MR) is 48.6 cm³/mol. The number of methoxy groups -OCH3 is 1. The van der Waals surface area contributed by atoms with Crippen LogP contribution in [-0.2, 0) is 4.74 Å². The Morgan fingerprint density at radius 1 is 1.31 bits per heavy atom. The van der Waals surface area contributed by atoms with Crippen molar-refractivity contribution in [2.24, 2.45) is 0 Å². The summed E-state index contributed by atoms with van der Waals surface area (Å²) in [7, 11) is 1.61. The van der Waals surface area contributed by atoms with Crippen molar-refractivity contribution in [2.75, 3.05) is 13.9 Å². The van der Waals surface area contributed by atoms with Crippen LogP contribution in [-0.4, -0.2) is 13.9 Å². The lowest BCUT2D eigenvalue weighted by Gasteiger charge is -1.96. The van der Waals surface area contributed by atoms with Gasteiger partial charge in [-0.1, -0.05) is 6.07 Å². The Labute approximate surface area is 76.5 Å². The second kappa shape index (κ2) is 3.39. The molecule has 1 aromatic carbocycles. The molecule has 68 valence electrons. The van der Waals surface area contributed by atoms with E-state index < -0.39 is 0 Å². The number of ether oxygens (including phenoxy) is 3. The van der Waals surface area contributed by atoms with Crippen LogP contribution in [0.3, 0.4) is 0 Å². The molecule has 2 rings (SSSR count). The molecule has 0 saturated heterocycles. The molecule has 3 heteroatoms. The van der Waals surface area contributed by atoms with Crippen LogP contribution in [0.15, 0.2) is 24.5 Å². The van der Waals surface area contributed by atoms with Gasteiger partial charge in [-0.05, 0) is 23.8 Å². The molecule has 0 N–H and O–H groups in total. The minimum Gasteiger partial charge on any atom is -0.504 e. The monoisotopic (exact) mass is 178 g/mol. The van der Waals surface area contributed by atoms with Gasteiger partial charge in [0.05, 0.1) is 13.4 Å². The Morgan fingerprint density at radius 2 is 2.15 bits per heavy atom. The molecule has 0 radical (unpaired) electrons. The number of rotatable bonds is 2. The van der Waals surface area contributed by atoms with E-state index in [1.54, 1.807) is 13.4 Å². The van der Waals surface area contributed by atoms with Crippen molar-refractivity contribution in [3.05, 3.63) is 30.0 Å². The maximum Gasteiger partial charge on any atom is 0.231 e. The van der Waals surface area contributed by atoms with Crippen LogP contribution in [0.5, 0.6) is 11.5 Å². The van der Waals surface area contributed by atoms with Gasteiger partial charge in [0.1, 0.15) is 0 Å². The minimum atomic E-state index is 0.312. The van der Waals surface area contributed by atoms with E-state index in [4.69, 9.17) is 14.2 Å². The summed E-state index contributed by atoms with van der Waals surface area (Å²) in [5.41, 5.74) is 1.03. The lowest BCUT2D eigenvalue weighted by molar-refractivity contribution is 0.174. The average Bonchev–Trinajstić information content (AvgIpc) is 2.61. The zero-order chi connectivity index (χ0) is 9.10. The molecule has 3 nitrogen and oxygen atoms in total. The first-order valence-corrected chi connectivity index (χ1v) is 3.99. The van der Waals surface area contributed by atoms with E-state index >= 15 is 0 Å². The van der Waals surface area contributed by atoms with Gasteiger partial charge in [-0.2, -0.15) is 0 Å². The molecule has 13 heavy (non-hydrogen) atoms. The van der Waals surface area contributed by atoms with Crippen molar-refractivity contribution in [1.82, 2.24) is 0 Å². The van der Waals surface area contributed by atoms with Gasteiger partial charge in [0, 0.05) is 0 Å². The lowest BCUT2D eigenvalue weighted by Crippen LogP contribution is -1.92. The molecular weight excluding hydrogens is 168 g/mol. The zero-order valence-corrected chi connectivity index (χ0v) is 7.32. The molecule has 0 unspecified atom stereocenters. The first-order valence-electron chi connectivity index (χ1n) is 3.99. The van der Waals surface area contributed by atoms with Crippen molar-refractivity contribution in [3.8, 4) is 11.5 Å². The van der Waals surface area contributed by atoms with Gasteiger partial charge >= 0.3 is 0 Å². The molecule has 0 aromatic heterocycles. The molecule has 0 spiro atoms. The standard InChI is InChI=1S/C10H10O3/c1-11-5-4-8-2-3-9-10(6-8)13-7-12-9/h2-6H,7H2,1H3/b5-4-. The Bertz CT molecular complexity index is 331. The van der Waals surface area contributed by atoms with Crippen molar-refractivity contribution < 1.29 is 14.2 Å². The molecule has 1 aromatic rings. The number of fused-ring (bicyclic) bond motifs is 1. The first-order chi connectivity index (χ1) is 6.40. The molecule has 0 fully saturated rings. The minimum absolute atomic E-state index is 0.312. The quantitative estimate of drug-likeness (QED) is 0.648. The highest BCUT2D eigenvalue weighted by molar-refractivity contribution is 5.55. The molecule has 1 aliphatic rings. The summed E-state index contributed by atoms with van der Waals surface area (Å²) in [5.74, 6) is 1.59. The lowest BCUT2D eigenvalue weighted by atomic mass is 10.2. The Balaban J connectivity index is 2.25. The summed E-state index contributed by atoms with van der Waals surface area (Å²) in [4.78, 5) is 0. The van der Waals surface area contributed by atoms with Gasteiger partial charge in [0.15, 0.2) is 11.5 Å². The van der Waals surface area contributed by atoms with Gasteiger partial charge in [0.25, 0.3) is 0 Å². The Hall–Kier alpha value is -1.64. The van der Waals surface area contributed by atoms with Crippen molar-refractivity contribution in [1.29, 1.82) is 0 Å². The van der Waals surface area contributed by atoms with Gasteiger partial charge in [-0.3, -0.25) is 0 Å². The molecule has 0 saturated carbocycles. The average molecular weight is 178 g/mol. The van der Waals surface area contributed by atoms with E-state index in [2.05, 4.69) is 0 Å². The van der Waals surface area contributed by atoms with Gasteiger partial charge < -0.3 is 14.2 Å². The summed E-state index contributed by atoms with van der Waals surface area (Å²) in [5, 5.41) is 0. The number of hydrogen-bond acceptors (Lipinski definition) is 3. The maximum absolute atomic E-state index is 5.22. The molecule has 0 atom stereocenters. The summed E-state index contributed by atoms with van der Waals surface area (Å²) in [6, 6.07) is 5.75. The molecule has 0 aliphatic carbocycles. The van der Waals surface area contributed by atoms with Crippen LogP contribution >= 0.6 is 0 Å². The fourth-order valence-electron chi connectivity index (χ4n) is 1.16. The SMILES string of the molecule is CO/C=C\c1ccc2c(c1)OCO2. The Kier molecular flexibility index (Phi) is 2.08. The van der Waals surface area contributed by atoms with Crippen LogP contribution in [0.25, 0.3) is 6.08 Å². The van der Waals surface area contributed by atoms with Crippen molar-refractivity contribution in [3.63, 3.8) is 0 Å². The first kappa shape index (κ1) is 7.98. The zero-order valence-electron chi connectivity index (χ0n) is 7.32. The second-order valence-electron chi connectivity index (χ2n) is 2.65. The third kappa shape index (κ3) is 1.59. The van der Waals surface area contributed by atoms with Crippen molar-refractivity contribution >= 4 is 6.08 Å². The van der Waals surface area contributed by atoms with Gasteiger partial charge in [-0.25, -0.2) is 0 Å². The van der Waals surface area contributed by atoms with E-state index in [-0.39, 0.29) is 0 Å². The van der Waals surface area contributed by atoms with E-state index in [0.29, 0.717) is 6.79 Å². The van der Waals surface area contributed by atoms with Crippen LogP contribution in [0, 0.1) is 0 Å². The van der Waals surface area contributed by atoms with Crippen LogP contribution in [0.1, 0.15) is 5.56 Å². The van der Waals surface area contributed by atoms with Crippen molar-refractivity contribution in [2.45, 2.75) is 0 Å². The molecule has 0 amide bonds. The fraction of sp³-hybridized carbons (Fsp3) is 0.200. The predicted octanol–water partition coefficient (Wildman–Crippen LogP) is 2.03. The van der Waals surface area contributed by atoms with Crippen LogP contribution in [0.2, 0.25) is 0 Å². The maximum atomic E-state index is 5.22. The highest BCUT2D eigenvalue weighted by Crippen LogP contribution is 2.32. The topological polar surface area (TPSA) is 27.7 Å². The molecular formula is C10H10O3. The third-order valence-electron chi connectivity index (χ3n) is 1.79. The molecule has 0 bridgehead atoms. The van der Waals surface area contributed by atoms with Crippen LogP contribution in [0.4, 0.5) is 0 Å². The fourth-order valence-corrected chi connectivity index (χ4v) is 1.16. The summed E-state index contributed by atoms with van der Waals surface area (Å²) >= 11 is 0. The summed E-state index contributed by atoms with van der Waals surface area (Å²) in [6.07, 6.45) is 3.49. The second-order valence-corrected chi connectivity index (χ2v) is 2.65. The number of benzene rings is 1. The van der Waals surface area contributed by atoms with Gasteiger partial charge in [-0.15, -0.1) is 0 Å². The highest BCUT2D eigenvalue weighted by atomic mass is 16.7. The smallest absolute Gasteiger partial charge is 0.231 e. The Morgan fingerprint density at radius 3 is 3.00 bits per heavy atom. The van der Waals surface area contributed by atoms with Crippen LogP contribution < -0.4 is 9.47 Å². The highest BCUT2D eigenvalue weighted by Gasteiger charge is 2.11. The molecule has 1 heterocycles. The van der Waals surface area contributed by atoms with E-state index in [9.17, 15) is 0 Å². The largest absolute Gasteiger partial charge is 0.504 e. The summed E-state index contributed by atoms with van der Waals surface area (Å²) < 4.78 is 15.2. The third-order valence-corrected chi connectivity index (χ3v) is 1.79. The van der Waals surface area contributed by atoms with Gasteiger partial charge in [0.2, 0.25) is 6.79 Å². The number of hydrogen-bond donors (Lipinski definition) is 0. The molecule has 1 aliphatic heterocycles. The van der Waals surface area contributed by atoms with E-state index in [1.165, 1.54) is 0 Å². The van der Waals surface area contributed by atoms with E-state index in [0.717, 1.165) is 17.1 Å². The summed E-state index contributed by atoms with van der Waals surface area (Å²) in [6.45, 7) is 0.312. The normalized spacial score (nSPS) is 13.6. The van der Waals surface area contributed by atoms with E-state index in [1.807, 2.05) is 24.3 Å².